The molecular formula is C10H11Cl2NO3. The number of aliphatic carboxylic acids is 1. The highest BCUT2D eigenvalue weighted by molar-refractivity contribution is 6.35. The van der Waals surface area contributed by atoms with Crippen LogP contribution in [0.3, 0.4) is 0 Å². The summed E-state index contributed by atoms with van der Waals surface area (Å²) in [5.41, 5.74) is 0.501. The lowest BCUT2D eigenvalue weighted by Gasteiger charge is -2.15. The molecule has 0 aliphatic heterocycles. The van der Waals surface area contributed by atoms with Gasteiger partial charge in [-0.25, -0.2) is 0 Å². The molecule has 16 heavy (non-hydrogen) atoms. The summed E-state index contributed by atoms with van der Waals surface area (Å²) in [7, 11) is 1.63. The minimum Gasteiger partial charge on any atom is -0.506 e. The van der Waals surface area contributed by atoms with Gasteiger partial charge in [0, 0.05) is 17.1 Å². The van der Waals surface area contributed by atoms with Gasteiger partial charge in [0.05, 0.1) is 11.6 Å². The summed E-state index contributed by atoms with van der Waals surface area (Å²) in [6.45, 7) is 0.141. The van der Waals surface area contributed by atoms with Crippen LogP contribution in [-0.2, 0) is 11.3 Å². The number of hydrogen-bond acceptors (Lipinski definition) is 3. The quantitative estimate of drug-likeness (QED) is 0.875. The fraction of sp³-hybridized carbons (Fsp3) is 0.300. The third-order valence-corrected chi connectivity index (χ3v) is 2.46. The molecule has 0 bridgehead atoms. The van der Waals surface area contributed by atoms with Crippen LogP contribution in [0.4, 0.5) is 0 Å². The van der Waals surface area contributed by atoms with E-state index in [1.807, 2.05) is 0 Å². The van der Waals surface area contributed by atoms with Crippen LogP contribution in [0, 0.1) is 0 Å². The summed E-state index contributed by atoms with van der Waals surface area (Å²) < 4.78 is 0. The maximum atomic E-state index is 10.5. The molecule has 0 aromatic heterocycles. The smallest absolute Gasteiger partial charge is 0.317 e. The minimum absolute atomic E-state index is 0.0664. The maximum Gasteiger partial charge on any atom is 0.317 e. The molecule has 0 saturated heterocycles. The Kier molecular flexibility index (Phi) is 4.41. The number of likely N-dealkylation sites (N-methyl/N-ethyl adjacent to an activating group) is 1. The highest BCUT2D eigenvalue weighted by Crippen LogP contribution is 2.31. The number of phenols is 1. The second-order valence-corrected chi connectivity index (χ2v) is 4.31. The third kappa shape index (κ3) is 3.56. The molecular weight excluding hydrogens is 253 g/mol. The monoisotopic (exact) mass is 263 g/mol. The van der Waals surface area contributed by atoms with Gasteiger partial charge in [-0.1, -0.05) is 23.2 Å². The van der Waals surface area contributed by atoms with Gasteiger partial charge in [-0.15, -0.1) is 0 Å². The molecule has 1 rings (SSSR count). The molecule has 0 fully saturated rings. The summed E-state index contributed by atoms with van der Waals surface area (Å²) in [5.74, 6) is -1.00. The van der Waals surface area contributed by atoms with E-state index >= 15 is 0 Å². The fourth-order valence-corrected chi connectivity index (χ4v) is 1.85. The van der Waals surface area contributed by atoms with Gasteiger partial charge in [0.2, 0.25) is 0 Å². The SMILES string of the molecule is CN(CC(=O)O)Cc1cc(Cl)cc(Cl)c1O. The molecule has 1 aromatic rings. The van der Waals surface area contributed by atoms with Crippen LogP contribution in [0.2, 0.25) is 10.0 Å². The number of nitrogens with zero attached hydrogens (tertiary/aromatic N) is 1. The van der Waals surface area contributed by atoms with Crippen molar-refractivity contribution in [2.75, 3.05) is 13.6 Å². The number of halogens is 2. The van der Waals surface area contributed by atoms with Crippen LogP contribution in [0.25, 0.3) is 0 Å². The highest BCUT2D eigenvalue weighted by atomic mass is 35.5. The molecule has 88 valence electrons. The van der Waals surface area contributed by atoms with Crippen LogP contribution in [0.1, 0.15) is 5.56 Å². The topological polar surface area (TPSA) is 60.8 Å². The number of rotatable bonds is 4. The van der Waals surface area contributed by atoms with E-state index in [4.69, 9.17) is 28.3 Å². The number of benzene rings is 1. The van der Waals surface area contributed by atoms with E-state index in [2.05, 4.69) is 0 Å². The molecule has 0 atom stereocenters. The van der Waals surface area contributed by atoms with Crippen LogP contribution in [0.15, 0.2) is 12.1 Å². The van der Waals surface area contributed by atoms with E-state index in [9.17, 15) is 9.90 Å². The number of phenolic OH excluding ortho intramolecular Hbond substituents is 1. The number of carbonyl (C=O) groups is 1. The van der Waals surface area contributed by atoms with Gasteiger partial charge in [0.25, 0.3) is 0 Å². The molecule has 2 N–H and O–H groups in total. The van der Waals surface area contributed by atoms with Gasteiger partial charge in [-0.2, -0.15) is 0 Å². The summed E-state index contributed by atoms with van der Waals surface area (Å²) in [5, 5.41) is 18.8. The molecule has 4 nitrogen and oxygen atoms in total. The van der Waals surface area contributed by atoms with E-state index in [0.717, 1.165) is 0 Å². The molecule has 0 heterocycles. The Hall–Kier alpha value is -0.970. The van der Waals surface area contributed by atoms with Crippen molar-refractivity contribution in [1.82, 2.24) is 4.90 Å². The third-order valence-electron chi connectivity index (χ3n) is 1.95. The molecule has 0 aliphatic rings. The normalized spacial score (nSPS) is 10.8. The van der Waals surface area contributed by atoms with Crippen molar-refractivity contribution in [1.29, 1.82) is 0 Å². The number of carboxylic acids is 1. The zero-order valence-corrected chi connectivity index (χ0v) is 10.1. The van der Waals surface area contributed by atoms with Crippen molar-refractivity contribution in [2.45, 2.75) is 6.54 Å². The van der Waals surface area contributed by atoms with E-state index in [-0.39, 0.29) is 23.9 Å². The Labute approximate surface area is 103 Å². The molecule has 1 aromatic carbocycles. The molecule has 0 saturated carbocycles. The first-order valence-corrected chi connectivity index (χ1v) is 5.23. The van der Waals surface area contributed by atoms with Crippen LogP contribution in [0.5, 0.6) is 5.75 Å². The van der Waals surface area contributed by atoms with Gasteiger partial charge in [-0.3, -0.25) is 9.69 Å². The standard InChI is InChI=1S/C10H11Cl2NO3/c1-13(5-9(14)15)4-6-2-7(11)3-8(12)10(6)16/h2-3,16H,4-5H2,1H3,(H,14,15). The van der Waals surface area contributed by atoms with E-state index in [0.29, 0.717) is 10.6 Å². The molecule has 6 heteroatoms. The van der Waals surface area contributed by atoms with Gasteiger partial charge in [0.15, 0.2) is 0 Å². The Balaban J connectivity index is 2.84. The van der Waals surface area contributed by atoms with Crippen LogP contribution in [-0.4, -0.2) is 34.7 Å². The number of carboxylic acid groups (broad SMARTS) is 1. The summed E-state index contributed by atoms with van der Waals surface area (Å²) in [6.07, 6.45) is 0. The molecule has 0 amide bonds. The van der Waals surface area contributed by atoms with Crippen molar-refractivity contribution in [3.8, 4) is 5.75 Å². The first-order chi connectivity index (χ1) is 7.40. The molecule has 0 unspecified atom stereocenters. The lowest BCUT2D eigenvalue weighted by atomic mass is 10.2. The zero-order valence-electron chi connectivity index (χ0n) is 8.57. The van der Waals surface area contributed by atoms with Crippen molar-refractivity contribution >= 4 is 29.2 Å². The van der Waals surface area contributed by atoms with Gasteiger partial charge < -0.3 is 10.2 Å². The van der Waals surface area contributed by atoms with Crippen molar-refractivity contribution in [3.63, 3.8) is 0 Å². The Bertz CT molecular complexity index is 409. The second-order valence-electron chi connectivity index (χ2n) is 3.46. The van der Waals surface area contributed by atoms with Crippen molar-refractivity contribution in [2.24, 2.45) is 0 Å². The second kappa shape index (κ2) is 5.39. The predicted molar refractivity (Wildman–Crippen MR) is 62.1 cm³/mol. The van der Waals surface area contributed by atoms with Crippen molar-refractivity contribution in [3.05, 3.63) is 27.7 Å². The minimum atomic E-state index is -0.935. The van der Waals surface area contributed by atoms with Crippen LogP contribution < -0.4 is 0 Å². The first-order valence-electron chi connectivity index (χ1n) is 4.47. The lowest BCUT2D eigenvalue weighted by molar-refractivity contribution is -0.138. The Morgan fingerprint density at radius 3 is 2.62 bits per heavy atom. The van der Waals surface area contributed by atoms with Crippen LogP contribution >= 0.6 is 23.2 Å². The predicted octanol–water partition coefficient (Wildman–Crippen LogP) is 2.22. The van der Waals surface area contributed by atoms with E-state index in [1.54, 1.807) is 13.1 Å². The average Bonchev–Trinajstić information content (AvgIpc) is 2.11. The molecule has 0 spiro atoms. The van der Waals surface area contributed by atoms with Gasteiger partial charge >= 0.3 is 5.97 Å². The molecule has 0 radical (unpaired) electrons. The van der Waals surface area contributed by atoms with Crippen molar-refractivity contribution < 1.29 is 15.0 Å². The summed E-state index contributed by atoms with van der Waals surface area (Å²) >= 11 is 11.5. The van der Waals surface area contributed by atoms with E-state index < -0.39 is 5.97 Å². The molecule has 0 aliphatic carbocycles. The Morgan fingerprint density at radius 1 is 1.44 bits per heavy atom. The number of aromatic hydroxyl groups is 1. The summed E-state index contributed by atoms with van der Waals surface area (Å²) in [4.78, 5) is 12.0. The number of hydrogen-bond donors (Lipinski definition) is 2. The fourth-order valence-electron chi connectivity index (χ4n) is 1.32. The highest BCUT2D eigenvalue weighted by Gasteiger charge is 2.11. The van der Waals surface area contributed by atoms with Gasteiger partial charge in [0.1, 0.15) is 5.75 Å². The first kappa shape index (κ1) is 13.1. The average molecular weight is 264 g/mol. The Morgan fingerprint density at radius 2 is 2.06 bits per heavy atom. The maximum absolute atomic E-state index is 10.5. The summed E-state index contributed by atoms with van der Waals surface area (Å²) in [6, 6.07) is 2.99. The van der Waals surface area contributed by atoms with Gasteiger partial charge in [-0.05, 0) is 19.2 Å². The largest absolute Gasteiger partial charge is 0.506 e. The zero-order chi connectivity index (χ0) is 12.3. The van der Waals surface area contributed by atoms with E-state index in [1.165, 1.54) is 11.0 Å². The lowest BCUT2D eigenvalue weighted by Crippen LogP contribution is -2.25.